The Morgan fingerprint density at radius 1 is 1.33 bits per heavy atom. The molecular formula is C16H18N2O2S. The van der Waals surface area contributed by atoms with Crippen molar-refractivity contribution in [3.8, 4) is 28.1 Å². The van der Waals surface area contributed by atoms with Gasteiger partial charge in [0, 0.05) is 0 Å². The number of para-hydroxylation sites is 1. The number of aromatic nitrogens is 1. The van der Waals surface area contributed by atoms with E-state index in [1.54, 1.807) is 7.11 Å². The molecule has 2 rings (SSSR count). The van der Waals surface area contributed by atoms with Gasteiger partial charge in [0.05, 0.1) is 25.0 Å². The van der Waals surface area contributed by atoms with E-state index in [9.17, 15) is 5.26 Å². The van der Waals surface area contributed by atoms with Crippen molar-refractivity contribution < 1.29 is 9.47 Å². The smallest absolute Gasteiger partial charge is 0.171 e. The molecule has 0 aliphatic rings. The number of hydrogen-bond donors (Lipinski definition) is 0. The summed E-state index contributed by atoms with van der Waals surface area (Å²) < 4.78 is 11.1. The fourth-order valence-corrected chi connectivity index (χ4v) is 3.03. The molecule has 0 radical (unpaired) electrons. The van der Waals surface area contributed by atoms with E-state index in [2.05, 4.69) is 18.0 Å². The van der Waals surface area contributed by atoms with Crippen LogP contribution in [0.3, 0.4) is 0 Å². The summed E-state index contributed by atoms with van der Waals surface area (Å²) in [5.74, 6) is 1.36. The standard InChI is InChI=1S/C16H18N2O2S/c1-4-7-12-14(10-17)21-16(18-12)11-8-6-9-13(19-3)15(11)20-5-2/h6,8-9H,4-5,7H2,1-3H3. The molecule has 0 fully saturated rings. The van der Waals surface area contributed by atoms with Crippen molar-refractivity contribution in [2.45, 2.75) is 26.7 Å². The molecule has 1 heterocycles. The fraction of sp³-hybridized carbons (Fsp3) is 0.375. The Labute approximate surface area is 129 Å². The van der Waals surface area contributed by atoms with E-state index in [1.165, 1.54) is 11.3 Å². The molecular weight excluding hydrogens is 284 g/mol. The summed E-state index contributed by atoms with van der Waals surface area (Å²) in [7, 11) is 1.62. The van der Waals surface area contributed by atoms with E-state index < -0.39 is 0 Å². The molecule has 110 valence electrons. The van der Waals surface area contributed by atoms with Crippen molar-refractivity contribution >= 4 is 11.3 Å². The van der Waals surface area contributed by atoms with Gasteiger partial charge in [0.25, 0.3) is 0 Å². The maximum absolute atomic E-state index is 9.24. The molecule has 4 nitrogen and oxygen atoms in total. The Hall–Kier alpha value is -2.06. The van der Waals surface area contributed by atoms with Crippen molar-refractivity contribution in [1.29, 1.82) is 5.26 Å². The number of benzene rings is 1. The molecule has 0 aliphatic carbocycles. The van der Waals surface area contributed by atoms with Gasteiger partial charge in [-0.2, -0.15) is 5.26 Å². The molecule has 0 aliphatic heterocycles. The lowest BCUT2D eigenvalue weighted by Gasteiger charge is -2.12. The van der Waals surface area contributed by atoms with Gasteiger partial charge in [0.2, 0.25) is 0 Å². The van der Waals surface area contributed by atoms with Crippen molar-refractivity contribution in [3.05, 3.63) is 28.8 Å². The summed E-state index contributed by atoms with van der Waals surface area (Å²) in [4.78, 5) is 5.30. The SMILES string of the molecule is CCCc1nc(-c2cccc(OC)c2OCC)sc1C#N. The van der Waals surface area contributed by atoms with Gasteiger partial charge in [-0.05, 0) is 25.5 Å². The highest BCUT2D eigenvalue weighted by Gasteiger charge is 2.18. The first kappa shape index (κ1) is 15.3. The van der Waals surface area contributed by atoms with Crippen molar-refractivity contribution in [2.24, 2.45) is 0 Å². The van der Waals surface area contributed by atoms with Crippen LogP contribution in [-0.2, 0) is 6.42 Å². The zero-order valence-corrected chi connectivity index (χ0v) is 13.3. The molecule has 5 heteroatoms. The monoisotopic (exact) mass is 302 g/mol. The first-order chi connectivity index (χ1) is 10.2. The first-order valence-electron chi connectivity index (χ1n) is 6.95. The molecule has 0 spiro atoms. The molecule has 0 N–H and O–H groups in total. The number of rotatable bonds is 6. The van der Waals surface area contributed by atoms with E-state index in [1.807, 2.05) is 25.1 Å². The van der Waals surface area contributed by atoms with Crippen LogP contribution in [0.4, 0.5) is 0 Å². The summed E-state index contributed by atoms with van der Waals surface area (Å²) in [6, 6.07) is 7.95. The largest absolute Gasteiger partial charge is 0.493 e. The topological polar surface area (TPSA) is 55.1 Å². The zero-order valence-electron chi connectivity index (χ0n) is 12.5. The number of methoxy groups -OCH3 is 1. The summed E-state index contributed by atoms with van der Waals surface area (Å²) in [6.45, 7) is 4.56. The van der Waals surface area contributed by atoms with Crippen LogP contribution in [0.25, 0.3) is 10.6 Å². The predicted octanol–water partition coefficient (Wildman–Crippen LogP) is 4.04. The fourth-order valence-electron chi connectivity index (χ4n) is 2.10. The molecule has 2 aromatic rings. The lowest BCUT2D eigenvalue weighted by molar-refractivity contribution is 0.312. The molecule has 0 saturated heterocycles. The third-order valence-electron chi connectivity index (χ3n) is 3.00. The van der Waals surface area contributed by atoms with E-state index in [0.717, 1.165) is 29.1 Å². The molecule has 0 amide bonds. The van der Waals surface area contributed by atoms with Gasteiger partial charge in [0.1, 0.15) is 16.0 Å². The van der Waals surface area contributed by atoms with Gasteiger partial charge >= 0.3 is 0 Å². The maximum atomic E-state index is 9.24. The maximum Gasteiger partial charge on any atom is 0.171 e. The van der Waals surface area contributed by atoms with E-state index in [-0.39, 0.29) is 0 Å². The van der Waals surface area contributed by atoms with E-state index in [0.29, 0.717) is 23.0 Å². The number of nitriles is 1. The number of hydrogen-bond acceptors (Lipinski definition) is 5. The second kappa shape index (κ2) is 7.09. The Morgan fingerprint density at radius 2 is 2.14 bits per heavy atom. The Kier molecular flexibility index (Phi) is 5.18. The van der Waals surface area contributed by atoms with Crippen LogP contribution in [0.1, 0.15) is 30.8 Å². The van der Waals surface area contributed by atoms with Crippen LogP contribution < -0.4 is 9.47 Å². The predicted molar refractivity (Wildman–Crippen MR) is 84.0 cm³/mol. The van der Waals surface area contributed by atoms with Crippen LogP contribution in [0.5, 0.6) is 11.5 Å². The molecule has 1 aromatic heterocycles. The van der Waals surface area contributed by atoms with Crippen LogP contribution in [0.15, 0.2) is 18.2 Å². The second-order valence-corrected chi connectivity index (χ2v) is 5.43. The van der Waals surface area contributed by atoms with Crippen LogP contribution in [0, 0.1) is 11.3 Å². The van der Waals surface area contributed by atoms with Crippen molar-refractivity contribution in [2.75, 3.05) is 13.7 Å². The number of ether oxygens (including phenoxy) is 2. The molecule has 21 heavy (non-hydrogen) atoms. The zero-order chi connectivity index (χ0) is 15.2. The third-order valence-corrected chi connectivity index (χ3v) is 4.04. The van der Waals surface area contributed by atoms with Crippen LogP contribution in [-0.4, -0.2) is 18.7 Å². The van der Waals surface area contributed by atoms with Gasteiger partial charge < -0.3 is 9.47 Å². The van der Waals surface area contributed by atoms with Gasteiger partial charge in [-0.25, -0.2) is 4.98 Å². The Balaban J connectivity index is 2.53. The second-order valence-electron chi connectivity index (χ2n) is 4.43. The molecule has 0 saturated carbocycles. The summed E-state index contributed by atoms with van der Waals surface area (Å²) >= 11 is 1.40. The summed E-state index contributed by atoms with van der Waals surface area (Å²) in [5.41, 5.74) is 1.74. The lowest BCUT2D eigenvalue weighted by Crippen LogP contribution is -1.97. The Morgan fingerprint density at radius 3 is 2.76 bits per heavy atom. The van der Waals surface area contributed by atoms with Crippen molar-refractivity contribution in [1.82, 2.24) is 4.98 Å². The van der Waals surface area contributed by atoms with Crippen LogP contribution >= 0.6 is 11.3 Å². The van der Waals surface area contributed by atoms with Gasteiger partial charge in [0.15, 0.2) is 11.5 Å². The van der Waals surface area contributed by atoms with Gasteiger partial charge in [-0.3, -0.25) is 0 Å². The highest BCUT2D eigenvalue weighted by Crippen LogP contribution is 2.40. The number of nitrogens with zero attached hydrogens (tertiary/aromatic N) is 2. The Bertz CT molecular complexity index is 659. The molecule has 1 aromatic carbocycles. The first-order valence-corrected chi connectivity index (χ1v) is 7.76. The van der Waals surface area contributed by atoms with E-state index in [4.69, 9.17) is 9.47 Å². The normalized spacial score (nSPS) is 10.2. The number of thiazole rings is 1. The summed E-state index contributed by atoms with van der Waals surface area (Å²) in [6.07, 6.45) is 1.78. The average molecular weight is 302 g/mol. The molecule has 0 atom stereocenters. The molecule has 0 unspecified atom stereocenters. The minimum Gasteiger partial charge on any atom is -0.493 e. The van der Waals surface area contributed by atoms with Gasteiger partial charge in [-0.15, -0.1) is 11.3 Å². The minimum absolute atomic E-state index is 0.547. The highest BCUT2D eigenvalue weighted by molar-refractivity contribution is 7.15. The van der Waals surface area contributed by atoms with Crippen molar-refractivity contribution in [3.63, 3.8) is 0 Å². The number of aryl methyl sites for hydroxylation is 1. The van der Waals surface area contributed by atoms with Gasteiger partial charge in [-0.1, -0.05) is 19.4 Å². The third kappa shape index (κ3) is 3.17. The minimum atomic E-state index is 0.547. The molecule has 0 bridgehead atoms. The average Bonchev–Trinajstić information content (AvgIpc) is 2.91. The quantitative estimate of drug-likeness (QED) is 0.808. The highest BCUT2D eigenvalue weighted by atomic mass is 32.1. The summed E-state index contributed by atoms with van der Waals surface area (Å²) in [5, 5.41) is 10.0. The van der Waals surface area contributed by atoms with E-state index >= 15 is 0 Å². The van der Waals surface area contributed by atoms with Crippen LogP contribution in [0.2, 0.25) is 0 Å². The lowest BCUT2D eigenvalue weighted by atomic mass is 10.2.